The van der Waals surface area contributed by atoms with E-state index in [1.54, 1.807) is 7.11 Å². The highest BCUT2D eigenvalue weighted by atomic mass is 16.5. The molecule has 4 aliphatic carbocycles. The Morgan fingerprint density at radius 3 is 2.69 bits per heavy atom. The number of ether oxygens (including phenoxy) is 2. The lowest BCUT2D eigenvalue weighted by Gasteiger charge is -2.56. The molecule has 0 aromatic heterocycles. The lowest BCUT2D eigenvalue weighted by molar-refractivity contribution is -0.154. The first kappa shape index (κ1) is 17.8. The number of Topliss-reactive ketones (excluding diaryl/α,β-unsaturated/α-hetero) is 1. The minimum atomic E-state index is -0.328. The lowest BCUT2D eigenvalue weighted by atomic mass is 9.48. The van der Waals surface area contributed by atoms with Gasteiger partial charge in [0.1, 0.15) is 11.9 Å². The highest BCUT2D eigenvalue weighted by Gasteiger charge is 2.62. The molecule has 0 spiro atoms. The Morgan fingerprint density at radius 2 is 2.00 bits per heavy atom. The summed E-state index contributed by atoms with van der Waals surface area (Å²) >= 11 is 0. The van der Waals surface area contributed by atoms with Gasteiger partial charge in [0.15, 0.2) is 0 Å². The predicted molar refractivity (Wildman–Crippen MR) is 98.1 cm³/mol. The number of hydrogen-bond donors (Lipinski definition) is 0. The van der Waals surface area contributed by atoms with Crippen LogP contribution in [0.15, 0.2) is 23.5 Å². The molecule has 4 nitrogen and oxygen atoms in total. The molecule has 0 bridgehead atoms. The van der Waals surface area contributed by atoms with Crippen molar-refractivity contribution in [1.29, 1.82) is 0 Å². The monoisotopic (exact) mass is 358 g/mol. The van der Waals surface area contributed by atoms with Crippen molar-refractivity contribution in [3.63, 3.8) is 0 Å². The summed E-state index contributed by atoms with van der Waals surface area (Å²) in [7, 11) is 1.75. The van der Waals surface area contributed by atoms with E-state index >= 15 is 0 Å². The summed E-state index contributed by atoms with van der Waals surface area (Å²) in [5.41, 5.74) is 1.21. The van der Waals surface area contributed by atoms with Crippen LogP contribution in [0.1, 0.15) is 59.3 Å². The number of rotatable bonds is 2. The van der Waals surface area contributed by atoms with E-state index in [1.807, 2.05) is 0 Å². The summed E-state index contributed by atoms with van der Waals surface area (Å²) in [6.45, 7) is 5.96. The van der Waals surface area contributed by atoms with Gasteiger partial charge >= 0.3 is 5.97 Å². The van der Waals surface area contributed by atoms with Gasteiger partial charge in [0, 0.05) is 31.1 Å². The second-order valence-corrected chi connectivity index (χ2v) is 9.15. The first-order chi connectivity index (χ1) is 12.3. The van der Waals surface area contributed by atoms with Crippen LogP contribution in [0.25, 0.3) is 0 Å². The summed E-state index contributed by atoms with van der Waals surface area (Å²) in [4.78, 5) is 24.4. The van der Waals surface area contributed by atoms with Crippen molar-refractivity contribution < 1.29 is 19.1 Å². The minimum Gasteiger partial charge on any atom is -0.501 e. The first-order valence-electron chi connectivity index (χ1n) is 9.95. The van der Waals surface area contributed by atoms with Gasteiger partial charge in [-0.05, 0) is 54.6 Å². The van der Waals surface area contributed by atoms with Crippen LogP contribution in [0.5, 0.6) is 0 Å². The number of hydrogen-bond acceptors (Lipinski definition) is 4. The molecule has 0 aromatic carbocycles. The van der Waals surface area contributed by atoms with E-state index in [-0.39, 0.29) is 34.6 Å². The third-order valence-electron chi connectivity index (χ3n) is 7.99. The molecule has 4 rings (SSSR count). The highest BCUT2D eigenvalue weighted by Crippen LogP contribution is 2.64. The molecule has 0 saturated heterocycles. The largest absolute Gasteiger partial charge is 0.501 e. The van der Waals surface area contributed by atoms with E-state index in [0.29, 0.717) is 18.3 Å². The van der Waals surface area contributed by atoms with Gasteiger partial charge in [0.25, 0.3) is 0 Å². The first-order valence-corrected chi connectivity index (χ1v) is 9.95. The number of ketones is 1. The number of esters is 1. The fourth-order valence-corrected chi connectivity index (χ4v) is 6.60. The van der Waals surface area contributed by atoms with E-state index in [0.717, 1.165) is 37.9 Å². The molecule has 0 heterocycles. The smallest absolute Gasteiger partial charge is 0.302 e. The van der Waals surface area contributed by atoms with Crippen molar-refractivity contribution in [2.24, 2.45) is 28.6 Å². The average Bonchev–Trinajstić information content (AvgIpc) is 2.84. The molecular weight excluding hydrogens is 328 g/mol. The molecule has 26 heavy (non-hydrogen) atoms. The topological polar surface area (TPSA) is 52.6 Å². The van der Waals surface area contributed by atoms with Crippen molar-refractivity contribution in [3.05, 3.63) is 23.5 Å². The second-order valence-electron chi connectivity index (χ2n) is 9.15. The van der Waals surface area contributed by atoms with Gasteiger partial charge < -0.3 is 9.47 Å². The van der Waals surface area contributed by atoms with E-state index in [4.69, 9.17) is 9.47 Å². The van der Waals surface area contributed by atoms with Gasteiger partial charge in [-0.15, -0.1) is 0 Å². The zero-order valence-electron chi connectivity index (χ0n) is 16.3. The molecule has 2 fully saturated rings. The fraction of sp³-hybridized carbons (Fsp3) is 0.727. The Labute approximate surface area is 156 Å². The average molecular weight is 358 g/mol. The van der Waals surface area contributed by atoms with Crippen molar-refractivity contribution in [3.8, 4) is 0 Å². The Bertz CT molecular complexity index is 705. The van der Waals surface area contributed by atoms with E-state index in [2.05, 4.69) is 26.0 Å². The standard InChI is InChI=1S/C22H30O4/c1-13(23)26-18-12-19(24)22(3)10-8-17-16(20(18)22)6-5-14-11-15(25-4)7-9-21(14,17)2/h5,11,16-18,20H,6-10,12H2,1-4H3/t16-,17+,18+,20-,21+,22-/m1/s1. The predicted octanol–water partition coefficient (Wildman–Crippen LogP) is 4.20. The third-order valence-corrected chi connectivity index (χ3v) is 7.99. The van der Waals surface area contributed by atoms with Crippen LogP contribution in [-0.2, 0) is 19.1 Å². The molecule has 0 aromatic rings. The van der Waals surface area contributed by atoms with E-state index < -0.39 is 0 Å². The lowest BCUT2D eigenvalue weighted by Crippen LogP contribution is -2.51. The summed E-state index contributed by atoms with van der Waals surface area (Å²) in [5.74, 6) is 2.20. The number of carbonyl (C=O) groups is 2. The van der Waals surface area contributed by atoms with E-state index in [1.165, 1.54) is 12.5 Å². The SMILES string of the molecule is COC1=CC2=CC[C@H]3[C@@H]4[C@@H](OC(C)=O)CC(=O)[C@@]4(C)CC[C@@H]3[C@@]2(C)CC1. The maximum absolute atomic E-state index is 12.8. The van der Waals surface area contributed by atoms with Gasteiger partial charge in [-0.3, -0.25) is 9.59 Å². The van der Waals surface area contributed by atoms with Crippen LogP contribution < -0.4 is 0 Å². The molecule has 2 saturated carbocycles. The second kappa shape index (κ2) is 5.97. The van der Waals surface area contributed by atoms with Gasteiger partial charge in [0.05, 0.1) is 12.9 Å². The van der Waals surface area contributed by atoms with Crippen molar-refractivity contribution >= 4 is 11.8 Å². The molecule has 4 aliphatic rings. The summed E-state index contributed by atoms with van der Waals surface area (Å²) in [5, 5.41) is 0. The molecule has 142 valence electrons. The van der Waals surface area contributed by atoms with Crippen LogP contribution in [0, 0.1) is 28.6 Å². The number of allylic oxidation sites excluding steroid dienone is 4. The maximum atomic E-state index is 12.8. The Balaban J connectivity index is 1.71. The molecule has 6 atom stereocenters. The Kier molecular flexibility index (Phi) is 4.09. The molecule has 0 N–H and O–H groups in total. The molecule has 0 aliphatic heterocycles. The summed E-state index contributed by atoms with van der Waals surface area (Å²) in [6, 6.07) is 0. The van der Waals surface area contributed by atoms with Gasteiger partial charge in [-0.2, -0.15) is 0 Å². The van der Waals surface area contributed by atoms with Gasteiger partial charge in [-0.25, -0.2) is 0 Å². The third kappa shape index (κ3) is 2.40. The van der Waals surface area contributed by atoms with Crippen molar-refractivity contribution in [2.75, 3.05) is 7.11 Å². The van der Waals surface area contributed by atoms with Crippen molar-refractivity contribution in [2.45, 2.75) is 65.4 Å². The van der Waals surface area contributed by atoms with Crippen molar-refractivity contribution in [1.82, 2.24) is 0 Å². The van der Waals surface area contributed by atoms with Crippen LogP contribution in [0.4, 0.5) is 0 Å². The zero-order chi connectivity index (χ0) is 18.7. The highest BCUT2D eigenvalue weighted by molar-refractivity contribution is 5.88. The van der Waals surface area contributed by atoms with Crippen LogP contribution >= 0.6 is 0 Å². The normalized spacial score (nSPS) is 44.2. The zero-order valence-corrected chi connectivity index (χ0v) is 16.3. The maximum Gasteiger partial charge on any atom is 0.302 e. The quantitative estimate of drug-likeness (QED) is 0.694. The number of fused-ring (bicyclic) bond motifs is 5. The molecular formula is C22H30O4. The Morgan fingerprint density at radius 1 is 1.23 bits per heavy atom. The van der Waals surface area contributed by atoms with Crippen LogP contribution in [-0.4, -0.2) is 25.0 Å². The minimum absolute atomic E-state index is 0.138. The summed E-state index contributed by atoms with van der Waals surface area (Å²) < 4.78 is 11.2. The van der Waals surface area contributed by atoms with Gasteiger partial charge in [-0.1, -0.05) is 19.9 Å². The number of carbonyl (C=O) groups excluding carboxylic acids is 2. The van der Waals surface area contributed by atoms with E-state index in [9.17, 15) is 9.59 Å². The molecule has 4 heteroatoms. The number of methoxy groups -OCH3 is 1. The molecule has 0 unspecified atom stereocenters. The van der Waals surface area contributed by atoms with Gasteiger partial charge in [0.2, 0.25) is 0 Å². The van der Waals surface area contributed by atoms with Crippen LogP contribution in [0.3, 0.4) is 0 Å². The van der Waals surface area contributed by atoms with Crippen LogP contribution in [0.2, 0.25) is 0 Å². The molecule has 0 amide bonds. The Hall–Kier alpha value is -1.58. The summed E-state index contributed by atoms with van der Waals surface area (Å²) in [6.07, 6.45) is 9.77. The molecule has 0 radical (unpaired) electrons. The fourth-order valence-electron chi connectivity index (χ4n) is 6.60.